The Labute approximate surface area is 106 Å². The van der Waals surface area contributed by atoms with Gasteiger partial charge in [0.05, 0.1) is 0 Å². The highest BCUT2D eigenvalue weighted by Crippen LogP contribution is 2.39. The van der Waals surface area contributed by atoms with E-state index < -0.39 is 8.32 Å². The van der Waals surface area contributed by atoms with E-state index in [2.05, 4.69) is 33.9 Å². The normalized spacial score (nSPS) is 12.6. The van der Waals surface area contributed by atoms with Gasteiger partial charge in [0.2, 0.25) is 8.32 Å². The van der Waals surface area contributed by atoms with E-state index in [0.717, 1.165) is 22.6 Å². The second-order valence-corrected chi connectivity index (χ2v) is 11.0. The predicted octanol–water partition coefficient (Wildman–Crippen LogP) is 4.27. The lowest BCUT2D eigenvalue weighted by Gasteiger charge is -2.37. The van der Waals surface area contributed by atoms with Crippen molar-refractivity contribution in [1.82, 2.24) is 0 Å². The fourth-order valence-electron chi connectivity index (χ4n) is 1.38. The molecule has 0 saturated carbocycles. The van der Waals surface area contributed by atoms with Crippen LogP contribution in [-0.2, 0) is 0 Å². The highest BCUT2D eigenvalue weighted by Gasteiger charge is 2.39. The van der Waals surface area contributed by atoms with Gasteiger partial charge in [-0.2, -0.15) is 0 Å². The first kappa shape index (κ1) is 14.1. The number of aryl methyl sites for hydroxylation is 1. The first-order valence-corrected chi connectivity index (χ1v) is 9.02. The Kier molecular flexibility index (Phi) is 3.62. The van der Waals surface area contributed by atoms with Crippen LogP contribution in [0.1, 0.15) is 31.9 Å². The fraction of sp³-hybridized carbons (Fsp3) is 0.571. The molecule has 0 aliphatic heterocycles. The zero-order chi connectivity index (χ0) is 13.4. The molecule has 1 aromatic carbocycles. The van der Waals surface area contributed by atoms with Gasteiger partial charge in [-0.15, -0.1) is 0 Å². The zero-order valence-corrected chi connectivity index (χ0v) is 13.1. The summed E-state index contributed by atoms with van der Waals surface area (Å²) >= 11 is 0. The number of anilines is 1. The number of nitrogens with two attached hydrogens (primary N) is 1. The Morgan fingerprint density at radius 1 is 1.12 bits per heavy atom. The van der Waals surface area contributed by atoms with Crippen molar-refractivity contribution >= 4 is 14.0 Å². The van der Waals surface area contributed by atoms with Crippen molar-refractivity contribution in [3.8, 4) is 5.75 Å². The Hall–Kier alpha value is -0.963. The molecule has 0 radical (unpaired) electrons. The van der Waals surface area contributed by atoms with Crippen molar-refractivity contribution in [2.75, 3.05) is 5.73 Å². The number of hydrogen-bond donors (Lipinski definition) is 1. The third-order valence-electron chi connectivity index (χ3n) is 3.85. The molecule has 96 valence electrons. The molecule has 3 heteroatoms. The monoisotopic (exact) mass is 251 g/mol. The molecular formula is C14H25NOSi. The lowest BCUT2D eigenvalue weighted by atomic mass is 10.1. The summed E-state index contributed by atoms with van der Waals surface area (Å²) in [5.41, 5.74) is 9.07. The fourth-order valence-corrected chi connectivity index (χ4v) is 2.46. The van der Waals surface area contributed by atoms with Crippen molar-refractivity contribution in [3.05, 3.63) is 23.3 Å². The zero-order valence-electron chi connectivity index (χ0n) is 12.1. The van der Waals surface area contributed by atoms with Gasteiger partial charge in [0.25, 0.3) is 0 Å². The SMILES string of the molecule is Cc1ccc(O[Si](C)(C)C(C)(C)C)c(C)c1N. The third-order valence-corrected chi connectivity index (χ3v) is 8.20. The van der Waals surface area contributed by atoms with Crippen LogP contribution in [0.4, 0.5) is 5.69 Å². The van der Waals surface area contributed by atoms with E-state index in [1.807, 2.05) is 26.0 Å². The predicted molar refractivity (Wildman–Crippen MR) is 78.2 cm³/mol. The van der Waals surface area contributed by atoms with Crippen LogP contribution in [0.2, 0.25) is 18.1 Å². The smallest absolute Gasteiger partial charge is 0.250 e. The minimum Gasteiger partial charge on any atom is -0.543 e. The summed E-state index contributed by atoms with van der Waals surface area (Å²) in [5, 5.41) is 0.207. The van der Waals surface area contributed by atoms with E-state index in [0.29, 0.717) is 0 Å². The maximum Gasteiger partial charge on any atom is 0.250 e. The van der Waals surface area contributed by atoms with Crippen molar-refractivity contribution in [2.24, 2.45) is 0 Å². The van der Waals surface area contributed by atoms with Gasteiger partial charge < -0.3 is 10.2 Å². The molecule has 0 aliphatic rings. The van der Waals surface area contributed by atoms with Gasteiger partial charge >= 0.3 is 0 Å². The molecule has 0 bridgehead atoms. The Morgan fingerprint density at radius 3 is 2.12 bits per heavy atom. The molecule has 2 nitrogen and oxygen atoms in total. The minimum atomic E-state index is -1.77. The second-order valence-electron chi connectivity index (χ2n) is 6.28. The van der Waals surface area contributed by atoms with Crippen molar-refractivity contribution in [2.45, 2.75) is 52.8 Å². The lowest BCUT2D eigenvalue weighted by molar-refractivity contribution is 0.489. The van der Waals surface area contributed by atoms with E-state index in [4.69, 9.17) is 10.2 Å². The summed E-state index contributed by atoms with van der Waals surface area (Å²) in [6.45, 7) is 15.3. The summed E-state index contributed by atoms with van der Waals surface area (Å²) in [6, 6.07) is 4.08. The molecule has 0 heterocycles. The van der Waals surface area contributed by atoms with Gasteiger partial charge in [0.1, 0.15) is 5.75 Å². The molecule has 17 heavy (non-hydrogen) atoms. The molecule has 0 spiro atoms. The summed E-state index contributed by atoms with van der Waals surface area (Å²) < 4.78 is 6.29. The first-order valence-electron chi connectivity index (χ1n) is 6.11. The van der Waals surface area contributed by atoms with Crippen LogP contribution in [0.25, 0.3) is 0 Å². The Bertz CT molecular complexity index is 419. The molecule has 0 saturated heterocycles. The lowest BCUT2D eigenvalue weighted by Crippen LogP contribution is -2.44. The quantitative estimate of drug-likeness (QED) is 0.629. The van der Waals surface area contributed by atoms with Gasteiger partial charge in [-0.1, -0.05) is 26.8 Å². The highest BCUT2D eigenvalue weighted by molar-refractivity contribution is 6.74. The number of hydrogen-bond acceptors (Lipinski definition) is 2. The molecule has 0 amide bonds. The molecular weight excluding hydrogens is 226 g/mol. The molecule has 1 aromatic rings. The summed E-state index contributed by atoms with van der Waals surface area (Å²) in [4.78, 5) is 0. The van der Waals surface area contributed by atoms with Gasteiger partial charge in [0.15, 0.2) is 0 Å². The Balaban J connectivity index is 3.09. The van der Waals surface area contributed by atoms with Crippen LogP contribution in [0.5, 0.6) is 5.75 Å². The van der Waals surface area contributed by atoms with E-state index in [1.165, 1.54) is 0 Å². The average Bonchev–Trinajstić information content (AvgIpc) is 2.17. The van der Waals surface area contributed by atoms with Crippen molar-refractivity contribution in [1.29, 1.82) is 0 Å². The van der Waals surface area contributed by atoms with Gasteiger partial charge in [0, 0.05) is 11.3 Å². The van der Waals surface area contributed by atoms with Crippen LogP contribution in [0, 0.1) is 13.8 Å². The van der Waals surface area contributed by atoms with E-state index >= 15 is 0 Å². The molecule has 2 N–H and O–H groups in total. The second kappa shape index (κ2) is 4.37. The van der Waals surface area contributed by atoms with Crippen LogP contribution in [-0.4, -0.2) is 8.32 Å². The maximum atomic E-state index is 6.29. The van der Waals surface area contributed by atoms with E-state index in [1.54, 1.807) is 0 Å². The third kappa shape index (κ3) is 2.83. The largest absolute Gasteiger partial charge is 0.543 e. The van der Waals surface area contributed by atoms with Gasteiger partial charge in [-0.3, -0.25) is 0 Å². The highest BCUT2D eigenvalue weighted by atomic mass is 28.4. The standard InChI is InChI=1S/C14H25NOSi/c1-10-8-9-12(11(2)13(10)15)16-17(6,7)14(3,4)5/h8-9H,15H2,1-7H3. The van der Waals surface area contributed by atoms with Crippen LogP contribution in [0.15, 0.2) is 12.1 Å². The van der Waals surface area contributed by atoms with E-state index in [-0.39, 0.29) is 5.04 Å². The first-order chi connectivity index (χ1) is 7.56. The molecule has 0 atom stereocenters. The summed E-state index contributed by atoms with van der Waals surface area (Å²) in [7, 11) is -1.77. The van der Waals surface area contributed by atoms with Crippen molar-refractivity contribution < 1.29 is 4.43 Å². The molecule has 0 aromatic heterocycles. The van der Waals surface area contributed by atoms with Gasteiger partial charge in [-0.05, 0) is 43.6 Å². The van der Waals surface area contributed by atoms with Crippen LogP contribution in [0.3, 0.4) is 0 Å². The van der Waals surface area contributed by atoms with Gasteiger partial charge in [-0.25, -0.2) is 0 Å². The Morgan fingerprint density at radius 2 is 1.65 bits per heavy atom. The molecule has 1 rings (SSSR count). The molecule has 0 aliphatic carbocycles. The number of benzene rings is 1. The molecule has 0 fully saturated rings. The number of nitrogen functional groups attached to an aromatic ring is 1. The molecule has 0 unspecified atom stereocenters. The maximum absolute atomic E-state index is 6.29. The summed E-state index contributed by atoms with van der Waals surface area (Å²) in [5.74, 6) is 0.944. The topological polar surface area (TPSA) is 35.2 Å². The minimum absolute atomic E-state index is 0.207. The summed E-state index contributed by atoms with van der Waals surface area (Å²) in [6.07, 6.45) is 0. The van der Waals surface area contributed by atoms with Crippen LogP contribution >= 0.6 is 0 Å². The number of rotatable bonds is 2. The van der Waals surface area contributed by atoms with Crippen LogP contribution < -0.4 is 10.2 Å². The van der Waals surface area contributed by atoms with E-state index in [9.17, 15) is 0 Å². The average molecular weight is 251 g/mol. The van der Waals surface area contributed by atoms with Crippen molar-refractivity contribution in [3.63, 3.8) is 0 Å².